The van der Waals surface area contributed by atoms with E-state index in [0.29, 0.717) is 0 Å². The second kappa shape index (κ2) is 5.43. The molecule has 1 aliphatic rings. The Labute approximate surface area is 90.8 Å². The number of nitrogens with zero attached hydrogens (tertiary/aromatic N) is 1. The predicted molar refractivity (Wildman–Crippen MR) is 58.6 cm³/mol. The molecule has 0 saturated carbocycles. The number of fused-ring (bicyclic) bond motifs is 1. The second-order valence-electron chi connectivity index (χ2n) is 3.05. The first kappa shape index (κ1) is 12.7. The molecule has 0 saturated heterocycles. The van der Waals surface area contributed by atoms with Gasteiger partial charge in [0.05, 0.1) is 5.69 Å². The van der Waals surface area contributed by atoms with Crippen LogP contribution in [0.15, 0.2) is 18.3 Å². The van der Waals surface area contributed by atoms with Crippen LogP contribution < -0.4 is 5.73 Å². The number of halogens is 2. The first-order valence-corrected chi connectivity index (χ1v) is 4.07. The molecule has 4 heteroatoms. The summed E-state index contributed by atoms with van der Waals surface area (Å²) in [7, 11) is 0. The highest BCUT2D eigenvalue weighted by Gasteiger charge is 2.16. The van der Waals surface area contributed by atoms with Crippen molar-refractivity contribution in [1.29, 1.82) is 0 Å². The van der Waals surface area contributed by atoms with Crippen LogP contribution in [0.5, 0.6) is 0 Å². The lowest BCUT2D eigenvalue weighted by Crippen LogP contribution is -2.18. The summed E-state index contributed by atoms with van der Waals surface area (Å²) in [5, 5.41) is 0. The van der Waals surface area contributed by atoms with Crippen molar-refractivity contribution in [2.75, 3.05) is 0 Å². The monoisotopic (exact) mass is 220 g/mol. The number of aromatic nitrogens is 1. The van der Waals surface area contributed by atoms with Gasteiger partial charge < -0.3 is 5.73 Å². The molecule has 1 aromatic heterocycles. The minimum absolute atomic E-state index is 0. The van der Waals surface area contributed by atoms with Crippen molar-refractivity contribution in [3.63, 3.8) is 0 Å². The Balaban J connectivity index is 0.000000720. The van der Waals surface area contributed by atoms with E-state index >= 15 is 0 Å². The molecule has 0 fully saturated rings. The first-order valence-electron chi connectivity index (χ1n) is 4.07. The summed E-state index contributed by atoms with van der Waals surface area (Å²) < 4.78 is 0. The maximum Gasteiger partial charge on any atom is 0.0602 e. The molecule has 2 rings (SSSR count). The Bertz CT molecular complexity index is 266. The normalized spacial score (nSPS) is 19.3. The van der Waals surface area contributed by atoms with Gasteiger partial charge in [-0.05, 0) is 30.9 Å². The quantitative estimate of drug-likeness (QED) is 0.729. The molecule has 1 heterocycles. The third kappa shape index (κ3) is 2.56. The van der Waals surface area contributed by atoms with Crippen LogP contribution in [0.1, 0.15) is 30.1 Å². The van der Waals surface area contributed by atoms with Crippen LogP contribution in [0.3, 0.4) is 0 Å². The predicted octanol–water partition coefficient (Wildman–Crippen LogP) is 2.26. The molecule has 1 atom stereocenters. The van der Waals surface area contributed by atoms with Gasteiger partial charge in [0.1, 0.15) is 0 Å². The van der Waals surface area contributed by atoms with E-state index in [-0.39, 0.29) is 30.9 Å². The van der Waals surface area contributed by atoms with Gasteiger partial charge in [0.15, 0.2) is 0 Å². The molecule has 2 nitrogen and oxygen atoms in total. The SMILES string of the molecule is Cl.Cl.N[C@@H]1CCCc2cccnc21. The molecule has 1 aromatic rings. The first-order chi connectivity index (χ1) is 5.38. The van der Waals surface area contributed by atoms with Crippen LogP contribution in [-0.4, -0.2) is 4.98 Å². The van der Waals surface area contributed by atoms with Crippen LogP contribution in [0.2, 0.25) is 0 Å². The maximum absolute atomic E-state index is 5.88. The minimum Gasteiger partial charge on any atom is -0.323 e. The molecule has 2 N–H and O–H groups in total. The van der Waals surface area contributed by atoms with Crippen molar-refractivity contribution in [3.05, 3.63) is 29.6 Å². The summed E-state index contributed by atoms with van der Waals surface area (Å²) in [5.41, 5.74) is 8.33. The Morgan fingerprint density at radius 3 is 2.85 bits per heavy atom. The average molecular weight is 221 g/mol. The van der Waals surface area contributed by atoms with Crippen molar-refractivity contribution in [2.45, 2.75) is 25.3 Å². The molecule has 0 radical (unpaired) electrons. The summed E-state index contributed by atoms with van der Waals surface area (Å²) in [6.07, 6.45) is 5.27. The van der Waals surface area contributed by atoms with E-state index in [9.17, 15) is 0 Å². The molecule has 74 valence electrons. The minimum atomic E-state index is 0. The summed E-state index contributed by atoms with van der Waals surface area (Å²) in [5.74, 6) is 0. The van der Waals surface area contributed by atoms with E-state index in [1.807, 2.05) is 12.3 Å². The topological polar surface area (TPSA) is 38.9 Å². The molecule has 0 spiro atoms. The lowest BCUT2D eigenvalue weighted by molar-refractivity contribution is 0.554. The van der Waals surface area contributed by atoms with Crippen molar-refractivity contribution in [3.8, 4) is 0 Å². The van der Waals surface area contributed by atoms with E-state index in [4.69, 9.17) is 5.73 Å². The smallest absolute Gasteiger partial charge is 0.0602 e. The van der Waals surface area contributed by atoms with Crippen LogP contribution in [0.25, 0.3) is 0 Å². The highest BCUT2D eigenvalue weighted by Crippen LogP contribution is 2.24. The average Bonchev–Trinajstić information content (AvgIpc) is 2.06. The standard InChI is InChI=1S/C9H12N2.2ClH/c10-8-5-1-3-7-4-2-6-11-9(7)8;;/h2,4,6,8H,1,3,5,10H2;2*1H/t8-;;/m1../s1. The second-order valence-corrected chi connectivity index (χ2v) is 3.05. The van der Waals surface area contributed by atoms with E-state index in [1.54, 1.807) is 0 Å². The molecule has 0 bridgehead atoms. The largest absolute Gasteiger partial charge is 0.323 e. The molecule has 0 amide bonds. The van der Waals surface area contributed by atoms with E-state index < -0.39 is 0 Å². The summed E-state index contributed by atoms with van der Waals surface area (Å²) in [6, 6.07) is 4.29. The lowest BCUT2D eigenvalue weighted by Gasteiger charge is -2.19. The number of rotatable bonds is 0. The zero-order valence-electron chi connectivity index (χ0n) is 7.27. The Morgan fingerprint density at radius 1 is 1.38 bits per heavy atom. The van der Waals surface area contributed by atoms with E-state index in [2.05, 4.69) is 11.1 Å². The molecule has 0 unspecified atom stereocenters. The number of hydrogen-bond acceptors (Lipinski definition) is 2. The molecule has 0 aromatic carbocycles. The third-order valence-corrected chi connectivity index (χ3v) is 2.24. The summed E-state index contributed by atoms with van der Waals surface area (Å²) in [4.78, 5) is 4.28. The zero-order valence-corrected chi connectivity index (χ0v) is 8.90. The van der Waals surface area contributed by atoms with Crippen LogP contribution in [-0.2, 0) is 6.42 Å². The highest BCUT2D eigenvalue weighted by molar-refractivity contribution is 5.85. The maximum atomic E-state index is 5.88. The van der Waals surface area contributed by atoms with Gasteiger partial charge in [-0.3, -0.25) is 4.98 Å². The van der Waals surface area contributed by atoms with Gasteiger partial charge >= 0.3 is 0 Å². The molecular weight excluding hydrogens is 207 g/mol. The van der Waals surface area contributed by atoms with Gasteiger partial charge in [-0.25, -0.2) is 0 Å². The number of pyridine rings is 1. The van der Waals surface area contributed by atoms with Gasteiger partial charge in [-0.15, -0.1) is 24.8 Å². The third-order valence-electron chi connectivity index (χ3n) is 2.24. The summed E-state index contributed by atoms with van der Waals surface area (Å²) in [6.45, 7) is 0. The van der Waals surface area contributed by atoms with Gasteiger partial charge in [0, 0.05) is 12.2 Å². The lowest BCUT2D eigenvalue weighted by atomic mass is 9.93. The Kier molecular flexibility index (Phi) is 5.30. The fourth-order valence-corrected chi connectivity index (χ4v) is 1.65. The number of nitrogens with two attached hydrogens (primary N) is 1. The van der Waals surface area contributed by atoms with Crippen molar-refractivity contribution in [1.82, 2.24) is 4.98 Å². The van der Waals surface area contributed by atoms with Crippen LogP contribution in [0.4, 0.5) is 0 Å². The fourth-order valence-electron chi connectivity index (χ4n) is 1.65. The van der Waals surface area contributed by atoms with Gasteiger partial charge in [0.25, 0.3) is 0 Å². The fraction of sp³-hybridized carbons (Fsp3) is 0.444. The zero-order chi connectivity index (χ0) is 7.68. The van der Waals surface area contributed by atoms with Crippen molar-refractivity contribution in [2.24, 2.45) is 5.73 Å². The van der Waals surface area contributed by atoms with Crippen molar-refractivity contribution < 1.29 is 0 Å². The molecule has 0 aliphatic heterocycles. The summed E-state index contributed by atoms with van der Waals surface area (Å²) >= 11 is 0. The van der Waals surface area contributed by atoms with Gasteiger partial charge in [-0.1, -0.05) is 6.07 Å². The van der Waals surface area contributed by atoms with E-state index in [1.165, 1.54) is 12.0 Å². The van der Waals surface area contributed by atoms with Crippen molar-refractivity contribution >= 4 is 24.8 Å². The molecule has 13 heavy (non-hydrogen) atoms. The highest BCUT2D eigenvalue weighted by atomic mass is 35.5. The molecule has 1 aliphatic carbocycles. The van der Waals surface area contributed by atoms with Crippen LogP contribution in [0, 0.1) is 0 Å². The number of aryl methyl sites for hydroxylation is 1. The van der Waals surface area contributed by atoms with Gasteiger partial charge in [-0.2, -0.15) is 0 Å². The van der Waals surface area contributed by atoms with Gasteiger partial charge in [0.2, 0.25) is 0 Å². The Hall–Kier alpha value is -0.310. The van der Waals surface area contributed by atoms with E-state index in [0.717, 1.165) is 18.5 Å². The Morgan fingerprint density at radius 2 is 2.15 bits per heavy atom. The molecular formula is C9H14Cl2N2. The number of hydrogen-bond donors (Lipinski definition) is 1. The van der Waals surface area contributed by atoms with Crippen LogP contribution >= 0.6 is 24.8 Å².